The highest BCUT2D eigenvalue weighted by Gasteiger charge is 2.15. The third-order valence-electron chi connectivity index (χ3n) is 1.81. The van der Waals surface area contributed by atoms with Gasteiger partial charge in [0.15, 0.2) is 0 Å². The largest absolute Gasteiger partial charge is 0.351 e. The van der Waals surface area contributed by atoms with Crippen molar-refractivity contribution in [3.63, 3.8) is 0 Å². The number of hydrogen-bond acceptors (Lipinski definition) is 4. The van der Waals surface area contributed by atoms with Gasteiger partial charge in [-0.2, -0.15) is 0 Å². The number of aromatic nitrogens is 1. The summed E-state index contributed by atoms with van der Waals surface area (Å²) < 4.78 is 0. The molecule has 0 bridgehead atoms. The van der Waals surface area contributed by atoms with Crippen LogP contribution < -0.4 is 5.32 Å². The molecule has 1 rings (SSSR count). The molecule has 1 unspecified atom stereocenters. The van der Waals surface area contributed by atoms with Crippen molar-refractivity contribution in [1.29, 1.82) is 0 Å². The minimum absolute atomic E-state index is 0.0669. The number of nitrogens with zero attached hydrogens (tertiary/aromatic N) is 2. The van der Waals surface area contributed by atoms with Crippen LogP contribution in [-0.2, 0) is 0 Å². The highest BCUT2D eigenvalue weighted by atomic mass is 16.6. The van der Waals surface area contributed by atoms with E-state index >= 15 is 0 Å². The van der Waals surface area contributed by atoms with E-state index in [1.807, 2.05) is 0 Å². The van der Waals surface area contributed by atoms with Gasteiger partial charge in [-0.3, -0.25) is 10.1 Å². The SMILES string of the molecule is C#CC(C)Nc1nc(C)ccc1[N+](=O)[O-]. The van der Waals surface area contributed by atoms with Crippen LogP contribution in [0.3, 0.4) is 0 Å². The fourth-order valence-corrected chi connectivity index (χ4v) is 1.05. The van der Waals surface area contributed by atoms with Gasteiger partial charge >= 0.3 is 5.69 Å². The molecule has 0 spiro atoms. The lowest BCUT2D eigenvalue weighted by Crippen LogP contribution is -2.14. The summed E-state index contributed by atoms with van der Waals surface area (Å²) in [6.07, 6.45) is 5.17. The molecule has 0 aliphatic carbocycles. The Labute approximate surface area is 87.7 Å². The van der Waals surface area contributed by atoms with Crippen LogP contribution in [0.15, 0.2) is 12.1 Å². The predicted octanol–water partition coefficient (Wildman–Crippen LogP) is 1.73. The monoisotopic (exact) mass is 205 g/mol. The fraction of sp³-hybridized carbons (Fsp3) is 0.300. The van der Waals surface area contributed by atoms with E-state index in [0.717, 1.165) is 0 Å². The highest BCUT2D eigenvalue weighted by Crippen LogP contribution is 2.22. The maximum absolute atomic E-state index is 10.7. The average Bonchev–Trinajstić information content (AvgIpc) is 2.17. The third-order valence-corrected chi connectivity index (χ3v) is 1.81. The minimum atomic E-state index is -0.488. The zero-order valence-corrected chi connectivity index (χ0v) is 8.52. The Morgan fingerprint density at radius 1 is 1.67 bits per heavy atom. The maximum Gasteiger partial charge on any atom is 0.311 e. The summed E-state index contributed by atoms with van der Waals surface area (Å²) in [4.78, 5) is 14.2. The molecule has 1 aromatic heterocycles. The zero-order chi connectivity index (χ0) is 11.4. The molecular weight excluding hydrogens is 194 g/mol. The summed E-state index contributed by atoms with van der Waals surface area (Å²) in [6, 6.07) is 2.70. The first-order valence-electron chi connectivity index (χ1n) is 4.39. The Morgan fingerprint density at radius 3 is 2.87 bits per heavy atom. The molecule has 1 aromatic rings. The second kappa shape index (κ2) is 4.42. The van der Waals surface area contributed by atoms with Crippen molar-refractivity contribution in [2.75, 3.05) is 5.32 Å². The second-order valence-electron chi connectivity index (χ2n) is 3.11. The Morgan fingerprint density at radius 2 is 2.33 bits per heavy atom. The van der Waals surface area contributed by atoms with E-state index in [4.69, 9.17) is 6.42 Å². The normalized spacial score (nSPS) is 11.5. The third kappa shape index (κ3) is 2.68. The molecule has 0 amide bonds. The molecule has 15 heavy (non-hydrogen) atoms. The van der Waals surface area contributed by atoms with E-state index in [1.165, 1.54) is 6.07 Å². The molecule has 0 radical (unpaired) electrons. The number of rotatable bonds is 3. The Hall–Kier alpha value is -2.09. The molecule has 1 heterocycles. The zero-order valence-electron chi connectivity index (χ0n) is 8.52. The number of hydrogen-bond donors (Lipinski definition) is 1. The summed E-state index contributed by atoms with van der Waals surface area (Å²) >= 11 is 0. The van der Waals surface area contributed by atoms with Crippen molar-refractivity contribution < 1.29 is 4.92 Å². The Kier molecular flexibility index (Phi) is 3.24. The van der Waals surface area contributed by atoms with Gasteiger partial charge in [0.25, 0.3) is 0 Å². The number of pyridine rings is 1. The van der Waals surface area contributed by atoms with E-state index in [9.17, 15) is 10.1 Å². The predicted molar refractivity (Wildman–Crippen MR) is 57.5 cm³/mol. The summed E-state index contributed by atoms with van der Waals surface area (Å²) in [5, 5.41) is 13.5. The number of nitrogens with one attached hydrogen (secondary N) is 1. The van der Waals surface area contributed by atoms with Gasteiger partial charge in [0.1, 0.15) is 0 Å². The lowest BCUT2D eigenvalue weighted by Gasteiger charge is -2.08. The van der Waals surface area contributed by atoms with Gasteiger partial charge in [-0.05, 0) is 19.9 Å². The smallest absolute Gasteiger partial charge is 0.311 e. The summed E-state index contributed by atoms with van der Waals surface area (Å²) in [5.41, 5.74) is 0.634. The molecule has 5 nitrogen and oxygen atoms in total. The van der Waals surface area contributed by atoms with Crippen LogP contribution in [0.2, 0.25) is 0 Å². The number of terminal acetylenes is 1. The molecule has 5 heteroatoms. The first-order chi connectivity index (χ1) is 7.04. The van der Waals surface area contributed by atoms with Gasteiger partial charge in [0.05, 0.1) is 11.0 Å². The van der Waals surface area contributed by atoms with Crippen molar-refractivity contribution in [1.82, 2.24) is 4.98 Å². The van der Waals surface area contributed by atoms with Gasteiger partial charge in [-0.25, -0.2) is 4.98 Å². The summed E-state index contributed by atoms with van der Waals surface area (Å²) in [5.74, 6) is 2.64. The van der Waals surface area contributed by atoms with Crippen LogP contribution in [0, 0.1) is 29.4 Å². The Bertz CT molecular complexity index is 423. The van der Waals surface area contributed by atoms with Crippen molar-refractivity contribution in [2.45, 2.75) is 19.9 Å². The first-order valence-corrected chi connectivity index (χ1v) is 4.39. The van der Waals surface area contributed by atoms with Gasteiger partial charge in [0.2, 0.25) is 5.82 Å². The van der Waals surface area contributed by atoms with E-state index in [0.29, 0.717) is 5.69 Å². The molecule has 0 aromatic carbocycles. The van der Waals surface area contributed by atoms with Crippen molar-refractivity contribution in [3.05, 3.63) is 27.9 Å². The highest BCUT2D eigenvalue weighted by molar-refractivity contribution is 5.57. The van der Waals surface area contributed by atoms with Gasteiger partial charge in [-0.15, -0.1) is 6.42 Å². The summed E-state index contributed by atoms with van der Waals surface area (Å²) in [6.45, 7) is 3.49. The van der Waals surface area contributed by atoms with Crippen LogP contribution in [-0.4, -0.2) is 15.9 Å². The van der Waals surface area contributed by atoms with Gasteiger partial charge in [-0.1, -0.05) is 5.92 Å². The average molecular weight is 205 g/mol. The number of anilines is 1. The molecule has 0 aliphatic rings. The topological polar surface area (TPSA) is 68.1 Å². The Balaban J connectivity index is 3.08. The van der Waals surface area contributed by atoms with E-state index in [-0.39, 0.29) is 17.5 Å². The lowest BCUT2D eigenvalue weighted by molar-refractivity contribution is -0.384. The first kappa shape index (κ1) is 11.0. The van der Waals surface area contributed by atoms with Crippen LogP contribution in [0.1, 0.15) is 12.6 Å². The van der Waals surface area contributed by atoms with Crippen LogP contribution in [0.25, 0.3) is 0 Å². The van der Waals surface area contributed by atoms with E-state index in [2.05, 4.69) is 16.2 Å². The maximum atomic E-state index is 10.7. The van der Waals surface area contributed by atoms with Crippen LogP contribution >= 0.6 is 0 Å². The lowest BCUT2D eigenvalue weighted by atomic mass is 10.3. The fourth-order valence-electron chi connectivity index (χ4n) is 1.05. The minimum Gasteiger partial charge on any atom is -0.351 e. The molecule has 0 saturated carbocycles. The number of aryl methyl sites for hydroxylation is 1. The molecule has 78 valence electrons. The van der Waals surface area contributed by atoms with Crippen molar-refractivity contribution in [3.8, 4) is 12.3 Å². The molecule has 1 atom stereocenters. The standard InChI is InChI=1S/C10H11N3O2/c1-4-7(2)11-10-9(13(14)15)6-5-8(3)12-10/h1,5-7H,2-3H3,(H,11,12). The molecule has 1 N–H and O–H groups in total. The second-order valence-corrected chi connectivity index (χ2v) is 3.11. The van der Waals surface area contributed by atoms with Crippen molar-refractivity contribution >= 4 is 11.5 Å². The van der Waals surface area contributed by atoms with E-state index in [1.54, 1.807) is 19.9 Å². The molecule has 0 fully saturated rings. The van der Waals surface area contributed by atoms with Crippen molar-refractivity contribution in [2.24, 2.45) is 0 Å². The molecule has 0 aliphatic heterocycles. The molecule has 0 saturated heterocycles. The quantitative estimate of drug-likeness (QED) is 0.463. The summed E-state index contributed by atoms with van der Waals surface area (Å²) in [7, 11) is 0. The van der Waals surface area contributed by atoms with E-state index < -0.39 is 4.92 Å². The molecular formula is C10H11N3O2. The number of nitro groups is 1. The van der Waals surface area contributed by atoms with Gasteiger partial charge in [0, 0.05) is 11.8 Å². The van der Waals surface area contributed by atoms with Crippen LogP contribution in [0.4, 0.5) is 11.5 Å². The van der Waals surface area contributed by atoms with Gasteiger partial charge < -0.3 is 5.32 Å². The van der Waals surface area contributed by atoms with Crippen LogP contribution in [0.5, 0.6) is 0 Å².